The minimum Gasteiger partial charge on any atom is -0.493 e. The van der Waals surface area contributed by atoms with Crippen LogP contribution in [0.15, 0.2) is 29.3 Å². The molecular weight excluding hydrogens is 328 g/mol. The zero-order valence-corrected chi connectivity index (χ0v) is 17.4. The summed E-state index contributed by atoms with van der Waals surface area (Å²) < 4.78 is 11.3. The second-order valence-corrected chi connectivity index (χ2v) is 7.16. The second kappa shape index (κ2) is 11.6. The van der Waals surface area contributed by atoms with E-state index < -0.39 is 0 Å². The van der Waals surface area contributed by atoms with Crippen LogP contribution in [0.2, 0.25) is 0 Å². The van der Waals surface area contributed by atoms with Gasteiger partial charge in [0.15, 0.2) is 17.5 Å². The monoisotopic (exact) mass is 364 g/mol. The fourth-order valence-corrected chi connectivity index (χ4v) is 2.67. The number of methoxy groups -OCH3 is 1. The zero-order chi connectivity index (χ0) is 19.5. The first kappa shape index (κ1) is 22.1. The summed E-state index contributed by atoms with van der Waals surface area (Å²) in [6.07, 6.45) is 1.12. The van der Waals surface area contributed by atoms with Crippen LogP contribution in [-0.4, -0.2) is 64.3 Å². The first-order valence-electron chi connectivity index (χ1n) is 9.28. The number of guanidine groups is 1. The highest BCUT2D eigenvalue weighted by molar-refractivity contribution is 5.79. The van der Waals surface area contributed by atoms with Crippen molar-refractivity contribution >= 4 is 5.96 Å². The molecule has 0 saturated carbocycles. The van der Waals surface area contributed by atoms with E-state index in [0.717, 1.165) is 30.4 Å². The molecule has 26 heavy (non-hydrogen) atoms. The molecule has 2 atom stereocenters. The highest BCUT2D eigenvalue weighted by atomic mass is 16.5. The molecule has 0 fully saturated rings. The molecule has 0 radical (unpaired) electrons. The molecular formula is C20H36N4O2. The van der Waals surface area contributed by atoms with Crippen molar-refractivity contribution in [1.82, 2.24) is 15.5 Å². The number of nitrogens with one attached hydrogen (secondary N) is 2. The Morgan fingerprint density at radius 2 is 1.69 bits per heavy atom. The first-order valence-corrected chi connectivity index (χ1v) is 9.28. The van der Waals surface area contributed by atoms with E-state index in [1.165, 1.54) is 0 Å². The lowest BCUT2D eigenvalue weighted by Gasteiger charge is -2.27. The predicted octanol–water partition coefficient (Wildman–Crippen LogP) is 2.60. The van der Waals surface area contributed by atoms with Gasteiger partial charge in [-0.15, -0.1) is 0 Å². The molecule has 148 valence electrons. The molecule has 6 heteroatoms. The molecule has 0 saturated heterocycles. The van der Waals surface area contributed by atoms with Crippen LogP contribution in [0, 0.1) is 5.92 Å². The van der Waals surface area contributed by atoms with Gasteiger partial charge in [0.25, 0.3) is 0 Å². The Morgan fingerprint density at radius 3 is 2.23 bits per heavy atom. The van der Waals surface area contributed by atoms with Crippen molar-refractivity contribution in [3.63, 3.8) is 0 Å². The van der Waals surface area contributed by atoms with Gasteiger partial charge < -0.3 is 25.0 Å². The standard InChI is InChI=1S/C20H36N4O2/c1-15(2)12-17(24(5)6)14-23-20(21-4)22-13-16(3)26-19-11-9-8-10-18(19)25-7/h8-11,15-17H,12-14H2,1-7H3,(H2,21,22,23). The molecule has 0 amide bonds. The molecule has 0 aliphatic rings. The van der Waals surface area contributed by atoms with Crippen molar-refractivity contribution < 1.29 is 9.47 Å². The number of para-hydroxylation sites is 2. The van der Waals surface area contributed by atoms with E-state index in [0.29, 0.717) is 18.5 Å². The van der Waals surface area contributed by atoms with Gasteiger partial charge in [0.1, 0.15) is 6.10 Å². The van der Waals surface area contributed by atoms with Crippen LogP contribution in [0.5, 0.6) is 11.5 Å². The third-order valence-electron chi connectivity index (χ3n) is 4.16. The number of hydrogen-bond acceptors (Lipinski definition) is 4. The maximum absolute atomic E-state index is 5.97. The van der Waals surface area contributed by atoms with Crippen LogP contribution in [0.25, 0.3) is 0 Å². The molecule has 0 aliphatic heterocycles. The molecule has 0 heterocycles. The molecule has 1 aromatic rings. The van der Waals surface area contributed by atoms with Gasteiger partial charge >= 0.3 is 0 Å². The van der Waals surface area contributed by atoms with Gasteiger partial charge in [0, 0.05) is 19.6 Å². The number of hydrogen-bond donors (Lipinski definition) is 2. The van der Waals surface area contributed by atoms with Crippen molar-refractivity contribution in [3.8, 4) is 11.5 Å². The average Bonchev–Trinajstić information content (AvgIpc) is 2.60. The van der Waals surface area contributed by atoms with Crippen LogP contribution < -0.4 is 20.1 Å². The Hall–Kier alpha value is -1.95. The van der Waals surface area contributed by atoms with Gasteiger partial charge in [-0.25, -0.2) is 0 Å². The summed E-state index contributed by atoms with van der Waals surface area (Å²) in [5.74, 6) is 2.94. The van der Waals surface area contributed by atoms with E-state index in [-0.39, 0.29) is 6.10 Å². The maximum Gasteiger partial charge on any atom is 0.191 e. The lowest BCUT2D eigenvalue weighted by atomic mass is 10.0. The fraction of sp³-hybridized carbons (Fsp3) is 0.650. The van der Waals surface area contributed by atoms with E-state index in [2.05, 4.69) is 48.5 Å². The van der Waals surface area contributed by atoms with Crippen molar-refractivity contribution in [2.45, 2.75) is 39.3 Å². The summed E-state index contributed by atoms with van der Waals surface area (Å²) in [6.45, 7) is 8.02. The Morgan fingerprint density at radius 1 is 1.08 bits per heavy atom. The van der Waals surface area contributed by atoms with E-state index in [4.69, 9.17) is 9.47 Å². The third-order valence-corrected chi connectivity index (χ3v) is 4.16. The lowest BCUT2D eigenvalue weighted by Crippen LogP contribution is -2.47. The van der Waals surface area contributed by atoms with Gasteiger partial charge in [-0.2, -0.15) is 0 Å². The Bertz CT molecular complexity index is 546. The number of rotatable bonds is 10. The van der Waals surface area contributed by atoms with Gasteiger partial charge in [-0.1, -0.05) is 26.0 Å². The molecule has 1 rings (SSSR count). The van der Waals surface area contributed by atoms with E-state index in [1.807, 2.05) is 31.2 Å². The molecule has 0 aliphatic carbocycles. The van der Waals surface area contributed by atoms with Crippen LogP contribution >= 0.6 is 0 Å². The molecule has 0 spiro atoms. The molecule has 0 aromatic heterocycles. The Labute approximate surface area is 159 Å². The van der Waals surface area contributed by atoms with Crippen LogP contribution in [-0.2, 0) is 0 Å². The quantitative estimate of drug-likeness (QED) is 0.494. The number of benzene rings is 1. The number of ether oxygens (including phenoxy) is 2. The van der Waals surface area contributed by atoms with Gasteiger partial charge in [0.05, 0.1) is 13.7 Å². The normalized spacial score (nSPS) is 14.3. The van der Waals surface area contributed by atoms with Crippen molar-refractivity contribution in [3.05, 3.63) is 24.3 Å². The number of nitrogens with zero attached hydrogens (tertiary/aromatic N) is 2. The maximum atomic E-state index is 5.97. The van der Waals surface area contributed by atoms with Gasteiger partial charge in [0.2, 0.25) is 0 Å². The summed E-state index contributed by atoms with van der Waals surface area (Å²) in [4.78, 5) is 6.56. The largest absolute Gasteiger partial charge is 0.493 e. The Kier molecular flexibility index (Phi) is 9.88. The number of likely N-dealkylation sites (N-methyl/N-ethyl adjacent to an activating group) is 1. The SMILES string of the molecule is CN=C(NCC(C)Oc1ccccc1OC)NCC(CC(C)C)N(C)C. The van der Waals surface area contributed by atoms with Gasteiger partial charge in [-0.3, -0.25) is 4.99 Å². The predicted molar refractivity (Wildman–Crippen MR) is 109 cm³/mol. The highest BCUT2D eigenvalue weighted by Crippen LogP contribution is 2.26. The summed E-state index contributed by atoms with van der Waals surface area (Å²) in [7, 11) is 7.67. The molecule has 6 nitrogen and oxygen atoms in total. The minimum absolute atomic E-state index is 0.0230. The lowest BCUT2D eigenvalue weighted by molar-refractivity contribution is 0.213. The van der Waals surface area contributed by atoms with Crippen LogP contribution in [0.3, 0.4) is 0 Å². The van der Waals surface area contributed by atoms with Crippen molar-refractivity contribution in [2.75, 3.05) is 41.3 Å². The van der Waals surface area contributed by atoms with E-state index in [9.17, 15) is 0 Å². The fourth-order valence-electron chi connectivity index (χ4n) is 2.67. The third kappa shape index (κ3) is 7.95. The Balaban J connectivity index is 2.48. The summed E-state index contributed by atoms with van der Waals surface area (Å²) >= 11 is 0. The topological polar surface area (TPSA) is 58.1 Å². The van der Waals surface area contributed by atoms with E-state index in [1.54, 1.807) is 14.2 Å². The molecule has 0 bridgehead atoms. The minimum atomic E-state index is -0.0230. The van der Waals surface area contributed by atoms with E-state index >= 15 is 0 Å². The molecule has 1 aromatic carbocycles. The van der Waals surface area contributed by atoms with Gasteiger partial charge in [-0.05, 0) is 45.5 Å². The van der Waals surface area contributed by atoms with Crippen LogP contribution in [0.1, 0.15) is 27.2 Å². The molecule has 2 N–H and O–H groups in total. The summed E-state index contributed by atoms with van der Waals surface area (Å²) in [5.41, 5.74) is 0. The second-order valence-electron chi connectivity index (χ2n) is 7.16. The average molecular weight is 365 g/mol. The molecule has 2 unspecified atom stereocenters. The highest BCUT2D eigenvalue weighted by Gasteiger charge is 2.14. The van der Waals surface area contributed by atoms with Crippen LogP contribution in [0.4, 0.5) is 0 Å². The smallest absolute Gasteiger partial charge is 0.191 e. The summed E-state index contributed by atoms with van der Waals surface area (Å²) in [5, 5.41) is 6.74. The van der Waals surface area contributed by atoms with Crippen molar-refractivity contribution in [1.29, 1.82) is 0 Å². The first-order chi connectivity index (χ1) is 12.4. The summed E-state index contributed by atoms with van der Waals surface area (Å²) in [6, 6.07) is 8.14. The van der Waals surface area contributed by atoms with Crippen molar-refractivity contribution in [2.24, 2.45) is 10.9 Å². The zero-order valence-electron chi connectivity index (χ0n) is 17.4. The number of aliphatic imine (C=N–C) groups is 1.